The lowest BCUT2D eigenvalue weighted by Crippen LogP contribution is -2.15. The summed E-state index contributed by atoms with van der Waals surface area (Å²) in [5.41, 5.74) is 9.39. The second-order valence-electron chi connectivity index (χ2n) is 4.53. The highest BCUT2D eigenvalue weighted by atomic mass is 32.1. The van der Waals surface area contributed by atoms with Crippen LogP contribution in [0.15, 0.2) is 29.6 Å². The lowest BCUT2D eigenvalue weighted by molar-refractivity contribution is 0.660. The minimum absolute atomic E-state index is 0.249. The highest BCUT2D eigenvalue weighted by molar-refractivity contribution is 7.13. The normalized spacial score (nSPS) is 12.6. The third-order valence-corrected chi connectivity index (χ3v) is 3.61. The molecule has 3 heteroatoms. The minimum atomic E-state index is 0.249. The number of nitrogens with zero attached hydrogens (tertiary/aromatic N) is 1. The lowest BCUT2D eigenvalue weighted by Gasteiger charge is -2.01. The summed E-state index contributed by atoms with van der Waals surface area (Å²) in [7, 11) is 0. The van der Waals surface area contributed by atoms with E-state index in [1.165, 1.54) is 11.1 Å². The molecule has 0 amide bonds. The SMILES string of the molecule is Cc1cccc(-c2nc(CCC(C)N)cs2)c1. The fourth-order valence-electron chi connectivity index (χ4n) is 1.71. The molecule has 1 aromatic carbocycles. The fraction of sp³-hybridized carbons (Fsp3) is 0.357. The first kappa shape index (κ1) is 12.3. The maximum Gasteiger partial charge on any atom is 0.123 e. The molecule has 0 spiro atoms. The summed E-state index contributed by atoms with van der Waals surface area (Å²) < 4.78 is 0. The summed E-state index contributed by atoms with van der Waals surface area (Å²) in [5.74, 6) is 0. The molecule has 0 aliphatic heterocycles. The second-order valence-corrected chi connectivity index (χ2v) is 5.39. The van der Waals surface area contributed by atoms with Crippen LogP contribution in [0.3, 0.4) is 0 Å². The first-order chi connectivity index (χ1) is 8.15. The molecule has 2 rings (SSSR count). The van der Waals surface area contributed by atoms with Gasteiger partial charge in [0.1, 0.15) is 5.01 Å². The van der Waals surface area contributed by atoms with Gasteiger partial charge in [0.2, 0.25) is 0 Å². The number of nitrogens with two attached hydrogens (primary N) is 1. The molecular weight excluding hydrogens is 228 g/mol. The van der Waals surface area contributed by atoms with Gasteiger partial charge in [-0.15, -0.1) is 11.3 Å². The van der Waals surface area contributed by atoms with E-state index in [-0.39, 0.29) is 6.04 Å². The summed E-state index contributed by atoms with van der Waals surface area (Å²) in [6.45, 7) is 4.14. The van der Waals surface area contributed by atoms with Crippen LogP contribution in [-0.4, -0.2) is 11.0 Å². The fourth-order valence-corrected chi connectivity index (χ4v) is 2.56. The van der Waals surface area contributed by atoms with E-state index < -0.39 is 0 Å². The molecule has 17 heavy (non-hydrogen) atoms. The van der Waals surface area contributed by atoms with Crippen molar-refractivity contribution in [2.24, 2.45) is 5.73 Å². The smallest absolute Gasteiger partial charge is 0.123 e. The lowest BCUT2D eigenvalue weighted by atomic mass is 10.1. The zero-order valence-corrected chi connectivity index (χ0v) is 11.1. The average molecular weight is 246 g/mol. The third kappa shape index (κ3) is 3.38. The molecule has 0 aliphatic rings. The summed E-state index contributed by atoms with van der Waals surface area (Å²) in [6.07, 6.45) is 1.97. The number of aromatic nitrogens is 1. The molecule has 90 valence electrons. The van der Waals surface area contributed by atoms with Gasteiger partial charge in [-0.3, -0.25) is 0 Å². The molecule has 0 saturated heterocycles. The van der Waals surface area contributed by atoms with E-state index in [4.69, 9.17) is 5.73 Å². The Morgan fingerprint density at radius 3 is 2.94 bits per heavy atom. The van der Waals surface area contributed by atoms with Crippen LogP contribution in [0.2, 0.25) is 0 Å². The molecule has 1 aromatic heterocycles. The molecule has 0 radical (unpaired) electrons. The first-order valence-corrected chi connectivity index (χ1v) is 6.80. The van der Waals surface area contributed by atoms with Gasteiger partial charge in [-0.1, -0.05) is 23.8 Å². The number of hydrogen-bond donors (Lipinski definition) is 1. The minimum Gasteiger partial charge on any atom is -0.328 e. The molecule has 1 atom stereocenters. The Bertz CT molecular complexity index is 488. The average Bonchev–Trinajstić information content (AvgIpc) is 2.75. The largest absolute Gasteiger partial charge is 0.328 e. The maximum atomic E-state index is 5.75. The van der Waals surface area contributed by atoms with Crippen LogP contribution in [0.1, 0.15) is 24.6 Å². The van der Waals surface area contributed by atoms with Gasteiger partial charge in [-0.25, -0.2) is 4.98 Å². The van der Waals surface area contributed by atoms with E-state index in [0.717, 1.165) is 23.5 Å². The third-order valence-electron chi connectivity index (χ3n) is 2.67. The molecule has 2 N–H and O–H groups in total. The van der Waals surface area contributed by atoms with Crippen LogP contribution in [0.4, 0.5) is 0 Å². The maximum absolute atomic E-state index is 5.75. The predicted molar refractivity (Wildman–Crippen MR) is 74.3 cm³/mol. The van der Waals surface area contributed by atoms with Gasteiger partial charge in [-0.2, -0.15) is 0 Å². The van der Waals surface area contributed by atoms with Crippen molar-refractivity contribution in [1.29, 1.82) is 0 Å². The van der Waals surface area contributed by atoms with Crippen molar-refractivity contribution in [2.45, 2.75) is 32.7 Å². The Hall–Kier alpha value is -1.19. The number of thiazole rings is 1. The quantitative estimate of drug-likeness (QED) is 0.898. The molecule has 0 fully saturated rings. The van der Waals surface area contributed by atoms with Gasteiger partial charge < -0.3 is 5.73 Å². The molecule has 0 saturated carbocycles. The molecule has 1 heterocycles. The Morgan fingerprint density at radius 2 is 2.24 bits per heavy atom. The van der Waals surface area contributed by atoms with E-state index >= 15 is 0 Å². The van der Waals surface area contributed by atoms with Gasteiger partial charge in [-0.05, 0) is 32.8 Å². The van der Waals surface area contributed by atoms with Gasteiger partial charge in [0.05, 0.1) is 5.69 Å². The first-order valence-electron chi connectivity index (χ1n) is 5.92. The zero-order chi connectivity index (χ0) is 12.3. The van der Waals surface area contributed by atoms with Crippen molar-refractivity contribution >= 4 is 11.3 Å². The monoisotopic (exact) mass is 246 g/mol. The Morgan fingerprint density at radius 1 is 1.41 bits per heavy atom. The summed E-state index contributed by atoms with van der Waals surface area (Å²) in [4.78, 5) is 4.66. The standard InChI is InChI=1S/C14H18N2S/c1-10-4-3-5-12(8-10)14-16-13(9-17-14)7-6-11(2)15/h3-5,8-9,11H,6-7,15H2,1-2H3. The van der Waals surface area contributed by atoms with Gasteiger partial charge in [0.25, 0.3) is 0 Å². The van der Waals surface area contributed by atoms with Crippen molar-refractivity contribution < 1.29 is 0 Å². The highest BCUT2D eigenvalue weighted by Gasteiger charge is 2.05. The number of rotatable bonds is 4. The number of benzene rings is 1. The summed E-state index contributed by atoms with van der Waals surface area (Å²) in [6, 6.07) is 8.72. The molecule has 0 bridgehead atoms. The van der Waals surface area contributed by atoms with Crippen LogP contribution in [0, 0.1) is 6.92 Å². The van der Waals surface area contributed by atoms with Crippen LogP contribution < -0.4 is 5.73 Å². The van der Waals surface area contributed by atoms with Crippen LogP contribution in [-0.2, 0) is 6.42 Å². The summed E-state index contributed by atoms with van der Waals surface area (Å²) in [5, 5.41) is 3.24. The van der Waals surface area contributed by atoms with E-state index in [2.05, 4.69) is 41.6 Å². The molecule has 2 aromatic rings. The van der Waals surface area contributed by atoms with Crippen molar-refractivity contribution in [3.8, 4) is 10.6 Å². The van der Waals surface area contributed by atoms with E-state index in [1.54, 1.807) is 11.3 Å². The van der Waals surface area contributed by atoms with Crippen molar-refractivity contribution in [3.05, 3.63) is 40.9 Å². The van der Waals surface area contributed by atoms with Crippen LogP contribution in [0.5, 0.6) is 0 Å². The highest BCUT2D eigenvalue weighted by Crippen LogP contribution is 2.24. The molecule has 0 aliphatic carbocycles. The Labute approximate surface area is 107 Å². The van der Waals surface area contributed by atoms with E-state index in [1.807, 2.05) is 6.92 Å². The Kier molecular flexibility index (Phi) is 3.92. The Balaban J connectivity index is 2.12. The summed E-state index contributed by atoms with van der Waals surface area (Å²) >= 11 is 1.71. The van der Waals surface area contributed by atoms with Crippen molar-refractivity contribution in [2.75, 3.05) is 0 Å². The zero-order valence-electron chi connectivity index (χ0n) is 10.3. The number of hydrogen-bond acceptors (Lipinski definition) is 3. The topological polar surface area (TPSA) is 38.9 Å². The second kappa shape index (κ2) is 5.43. The molecule has 2 nitrogen and oxygen atoms in total. The van der Waals surface area contributed by atoms with Gasteiger partial charge >= 0.3 is 0 Å². The van der Waals surface area contributed by atoms with E-state index in [9.17, 15) is 0 Å². The van der Waals surface area contributed by atoms with Crippen molar-refractivity contribution in [3.63, 3.8) is 0 Å². The van der Waals surface area contributed by atoms with E-state index in [0.29, 0.717) is 0 Å². The molecule has 1 unspecified atom stereocenters. The van der Waals surface area contributed by atoms with Gasteiger partial charge in [0.15, 0.2) is 0 Å². The van der Waals surface area contributed by atoms with Crippen LogP contribution >= 0.6 is 11.3 Å². The van der Waals surface area contributed by atoms with Crippen LogP contribution in [0.25, 0.3) is 10.6 Å². The predicted octanol–water partition coefficient (Wildman–Crippen LogP) is 3.40. The molecular formula is C14H18N2S. The number of aryl methyl sites for hydroxylation is 2. The van der Waals surface area contributed by atoms with Gasteiger partial charge in [0, 0.05) is 17.0 Å². The van der Waals surface area contributed by atoms with Crippen molar-refractivity contribution in [1.82, 2.24) is 4.98 Å².